The van der Waals surface area contributed by atoms with E-state index in [1.54, 1.807) is 0 Å². The highest BCUT2D eigenvalue weighted by molar-refractivity contribution is 4.65. The molecule has 2 atom stereocenters. The zero-order valence-electron chi connectivity index (χ0n) is 8.10. The van der Waals surface area contributed by atoms with Gasteiger partial charge in [0.15, 0.2) is 0 Å². The summed E-state index contributed by atoms with van der Waals surface area (Å²) in [5.41, 5.74) is 0. The van der Waals surface area contributed by atoms with Gasteiger partial charge in [-0.2, -0.15) is 9.81 Å². The molecule has 0 rings (SSSR count). The van der Waals surface area contributed by atoms with Gasteiger partial charge in [0, 0.05) is 0 Å². The van der Waals surface area contributed by atoms with Crippen LogP contribution in [0.2, 0.25) is 0 Å². The van der Waals surface area contributed by atoms with Gasteiger partial charge >= 0.3 is 0 Å². The van der Waals surface area contributed by atoms with Crippen LogP contribution in [0.25, 0.3) is 0 Å². The molecule has 76 valence electrons. The molecule has 0 N–H and O–H groups in total. The van der Waals surface area contributed by atoms with Crippen molar-refractivity contribution in [1.82, 2.24) is 0 Å². The standard InChI is InChI=1S/C8H16N2O3/c1-3-7(9-11)5-13-6-8(4-2)10-12/h7-8H,3-6H2,1-2H3. The van der Waals surface area contributed by atoms with Gasteiger partial charge in [-0.3, -0.25) is 0 Å². The van der Waals surface area contributed by atoms with Crippen LogP contribution in [0, 0.1) is 9.81 Å². The molecule has 0 aliphatic heterocycles. The molecular weight excluding hydrogens is 172 g/mol. The number of nitroso groups, excluding NO2 is 2. The van der Waals surface area contributed by atoms with Crippen LogP contribution in [0.4, 0.5) is 0 Å². The number of nitrogens with zero attached hydrogens (tertiary/aromatic N) is 2. The molecular formula is C8H16N2O3. The summed E-state index contributed by atoms with van der Waals surface area (Å²) in [6.45, 7) is 4.30. The van der Waals surface area contributed by atoms with E-state index in [-0.39, 0.29) is 25.3 Å². The Morgan fingerprint density at radius 3 is 1.62 bits per heavy atom. The Morgan fingerprint density at radius 1 is 1.00 bits per heavy atom. The summed E-state index contributed by atoms with van der Waals surface area (Å²) >= 11 is 0. The van der Waals surface area contributed by atoms with Crippen LogP contribution in [0.15, 0.2) is 10.4 Å². The van der Waals surface area contributed by atoms with Gasteiger partial charge in [0.2, 0.25) is 0 Å². The lowest BCUT2D eigenvalue weighted by Gasteiger charge is -2.09. The molecule has 0 aromatic rings. The fourth-order valence-corrected chi connectivity index (χ4v) is 0.786. The van der Waals surface area contributed by atoms with E-state index in [1.165, 1.54) is 0 Å². The van der Waals surface area contributed by atoms with Crippen molar-refractivity contribution in [2.75, 3.05) is 13.2 Å². The quantitative estimate of drug-likeness (QED) is 0.547. The second-order valence-electron chi connectivity index (χ2n) is 2.87. The van der Waals surface area contributed by atoms with Gasteiger partial charge in [-0.05, 0) is 12.8 Å². The fourth-order valence-electron chi connectivity index (χ4n) is 0.786. The average Bonchev–Trinajstić information content (AvgIpc) is 2.19. The number of hydrogen-bond acceptors (Lipinski definition) is 5. The smallest absolute Gasteiger partial charge is 0.115 e. The molecule has 0 aromatic carbocycles. The third-order valence-corrected chi connectivity index (χ3v) is 1.86. The van der Waals surface area contributed by atoms with E-state index in [0.717, 1.165) is 0 Å². The first-order valence-corrected chi connectivity index (χ1v) is 4.51. The maximum Gasteiger partial charge on any atom is 0.115 e. The molecule has 2 unspecified atom stereocenters. The van der Waals surface area contributed by atoms with Gasteiger partial charge in [-0.25, -0.2) is 0 Å². The van der Waals surface area contributed by atoms with E-state index in [0.29, 0.717) is 12.8 Å². The fraction of sp³-hybridized carbons (Fsp3) is 1.00. The third-order valence-electron chi connectivity index (χ3n) is 1.86. The monoisotopic (exact) mass is 188 g/mol. The molecule has 0 saturated carbocycles. The molecule has 0 aliphatic rings. The van der Waals surface area contributed by atoms with Crippen LogP contribution in [-0.4, -0.2) is 25.3 Å². The number of rotatable bonds is 8. The van der Waals surface area contributed by atoms with E-state index in [4.69, 9.17) is 4.74 Å². The first-order chi connectivity index (χ1) is 6.28. The Hall–Kier alpha value is -0.840. The van der Waals surface area contributed by atoms with E-state index in [9.17, 15) is 9.81 Å². The highest BCUT2D eigenvalue weighted by Gasteiger charge is 2.09. The lowest BCUT2D eigenvalue weighted by atomic mass is 10.2. The summed E-state index contributed by atoms with van der Waals surface area (Å²) in [5.74, 6) is 0. The summed E-state index contributed by atoms with van der Waals surface area (Å²) in [5, 5.41) is 5.74. The van der Waals surface area contributed by atoms with Gasteiger partial charge in [-0.1, -0.05) is 24.2 Å². The largest absolute Gasteiger partial charge is 0.377 e. The molecule has 0 saturated heterocycles. The van der Waals surface area contributed by atoms with Crippen LogP contribution in [0.1, 0.15) is 26.7 Å². The molecule has 13 heavy (non-hydrogen) atoms. The molecule has 5 heteroatoms. The van der Waals surface area contributed by atoms with Crippen LogP contribution >= 0.6 is 0 Å². The van der Waals surface area contributed by atoms with E-state index in [2.05, 4.69) is 10.4 Å². The highest BCUT2D eigenvalue weighted by Crippen LogP contribution is 2.01. The van der Waals surface area contributed by atoms with Gasteiger partial charge in [-0.15, -0.1) is 0 Å². The van der Waals surface area contributed by atoms with Crippen LogP contribution in [-0.2, 0) is 4.74 Å². The first-order valence-electron chi connectivity index (χ1n) is 4.51. The molecule has 0 heterocycles. The summed E-state index contributed by atoms with van der Waals surface area (Å²) in [6.07, 6.45) is 1.32. The second kappa shape index (κ2) is 7.79. The number of ether oxygens (including phenoxy) is 1. The van der Waals surface area contributed by atoms with Gasteiger partial charge < -0.3 is 4.74 Å². The van der Waals surface area contributed by atoms with Crippen LogP contribution in [0.3, 0.4) is 0 Å². The van der Waals surface area contributed by atoms with Crippen LogP contribution in [0.5, 0.6) is 0 Å². The van der Waals surface area contributed by atoms with Crippen molar-refractivity contribution in [3.8, 4) is 0 Å². The molecule has 0 fully saturated rings. The van der Waals surface area contributed by atoms with Gasteiger partial charge in [0.05, 0.1) is 13.2 Å². The Bertz CT molecular complexity index is 136. The summed E-state index contributed by atoms with van der Waals surface area (Å²) < 4.78 is 5.13. The Morgan fingerprint density at radius 2 is 1.38 bits per heavy atom. The molecule has 5 nitrogen and oxygen atoms in total. The number of hydrogen-bond donors (Lipinski definition) is 0. The van der Waals surface area contributed by atoms with Gasteiger partial charge in [0.25, 0.3) is 0 Å². The predicted molar refractivity (Wildman–Crippen MR) is 50.6 cm³/mol. The zero-order valence-corrected chi connectivity index (χ0v) is 8.10. The zero-order chi connectivity index (χ0) is 10.1. The Kier molecular flexibility index (Phi) is 7.29. The van der Waals surface area contributed by atoms with Crippen molar-refractivity contribution in [1.29, 1.82) is 0 Å². The topological polar surface area (TPSA) is 68.1 Å². The third kappa shape index (κ3) is 5.41. The summed E-state index contributed by atoms with van der Waals surface area (Å²) in [7, 11) is 0. The van der Waals surface area contributed by atoms with Crippen molar-refractivity contribution in [3.05, 3.63) is 9.81 Å². The summed E-state index contributed by atoms with van der Waals surface area (Å²) in [6, 6.07) is -0.603. The maximum atomic E-state index is 10.1. The highest BCUT2D eigenvalue weighted by atomic mass is 16.5. The van der Waals surface area contributed by atoms with Crippen LogP contribution < -0.4 is 0 Å². The van der Waals surface area contributed by atoms with E-state index >= 15 is 0 Å². The minimum Gasteiger partial charge on any atom is -0.377 e. The first kappa shape index (κ1) is 12.2. The molecule has 0 radical (unpaired) electrons. The van der Waals surface area contributed by atoms with Crippen molar-refractivity contribution in [2.45, 2.75) is 38.8 Å². The molecule has 0 aliphatic carbocycles. The minimum absolute atomic E-state index is 0.284. The lowest BCUT2D eigenvalue weighted by Crippen LogP contribution is -2.18. The van der Waals surface area contributed by atoms with Crippen molar-refractivity contribution >= 4 is 0 Å². The lowest BCUT2D eigenvalue weighted by molar-refractivity contribution is 0.107. The molecule has 0 aromatic heterocycles. The van der Waals surface area contributed by atoms with E-state index < -0.39 is 0 Å². The van der Waals surface area contributed by atoms with Crippen molar-refractivity contribution in [3.63, 3.8) is 0 Å². The maximum absolute atomic E-state index is 10.1. The van der Waals surface area contributed by atoms with E-state index in [1.807, 2.05) is 13.8 Å². The SMILES string of the molecule is CCC(COCC(CC)N=O)N=O. The summed E-state index contributed by atoms with van der Waals surface area (Å²) in [4.78, 5) is 20.3. The predicted octanol–water partition coefficient (Wildman–Crippen LogP) is 2.09. The van der Waals surface area contributed by atoms with Crippen molar-refractivity contribution in [2.24, 2.45) is 10.4 Å². The molecule has 0 spiro atoms. The minimum atomic E-state index is -0.302. The molecule has 0 bridgehead atoms. The van der Waals surface area contributed by atoms with Gasteiger partial charge in [0.1, 0.15) is 12.1 Å². The Labute approximate surface area is 77.8 Å². The second-order valence-corrected chi connectivity index (χ2v) is 2.87. The molecule has 0 amide bonds. The average molecular weight is 188 g/mol. The normalized spacial score (nSPS) is 14.9. The Balaban J connectivity index is 3.52. The van der Waals surface area contributed by atoms with Crippen molar-refractivity contribution < 1.29 is 4.74 Å².